The van der Waals surface area contributed by atoms with Gasteiger partial charge in [-0.15, -0.1) is 0 Å². The molecule has 3 heteroatoms. The van der Waals surface area contributed by atoms with Crippen LogP contribution in [-0.4, -0.2) is 26.2 Å². The fourth-order valence-corrected chi connectivity index (χ4v) is 3.46. The van der Waals surface area contributed by atoms with Crippen molar-refractivity contribution in [1.82, 2.24) is 0 Å². The topological polar surface area (TPSA) is 7.68 Å². The highest BCUT2D eigenvalue weighted by Crippen LogP contribution is 2.24. The van der Waals surface area contributed by atoms with Gasteiger partial charge in [-0.1, -0.05) is 47.5 Å². The van der Waals surface area contributed by atoms with Crippen molar-refractivity contribution in [2.45, 2.75) is 20.4 Å². The molecular formula is C19H24ClN2+. The van der Waals surface area contributed by atoms with Crippen LogP contribution in [0.2, 0.25) is 5.02 Å². The molecule has 2 aromatic carbocycles. The normalized spacial score (nSPS) is 16.0. The molecule has 0 saturated carbocycles. The molecule has 0 aliphatic carbocycles. The minimum Gasteiger partial charge on any atom is -0.359 e. The summed E-state index contributed by atoms with van der Waals surface area (Å²) in [5.41, 5.74) is 5.43. The Morgan fingerprint density at radius 3 is 2.50 bits per heavy atom. The summed E-state index contributed by atoms with van der Waals surface area (Å²) in [6.07, 6.45) is 0. The largest absolute Gasteiger partial charge is 0.359 e. The molecular weight excluding hydrogens is 292 g/mol. The zero-order valence-electron chi connectivity index (χ0n) is 13.4. The highest BCUT2D eigenvalue weighted by atomic mass is 35.5. The SMILES string of the molecule is Cc1ccc(C)c(C[NH+]2CCN(c3ccccc3Cl)CC2)c1. The quantitative estimate of drug-likeness (QED) is 0.915. The second-order valence-electron chi connectivity index (χ2n) is 6.30. The van der Waals surface area contributed by atoms with Crippen molar-refractivity contribution in [2.24, 2.45) is 0 Å². The van der Waals surface area contributed by atoms with E-state index in [4.69, 9.17) is 11.6 Å². The zero-order valence-corrected chi connectivity index (χ0v) is 14.2. The van der Waals surface area contributed by atoms with Crippen LogP contribution in [0.5, 0.6) is 0 Å². The smallest absolute Gasteiger partial charge is 0.103 e. The predicted molar refractivity (Wildman–Crippen MR) is 94.0 cm³/mol. The van der Waals surface area contributed by atoms with Gasteiger partial charge in [0, 0.05) is 5.56 Å². The molecule has 3 rings (SSSR count). The summed E-state index contributed by atoms with van der Waals surface area (Å²) in [7, 11) is 0. The minimum atomic E-state index is 0.862. The Balaban J connectivity index is 1.62. The summed E-state index contributed by atoms with van der Waals surface area (Å²) in [6, 6.07) is 14.9. The number of piperazine rings is 1. The number of para-hydroxylation sites is 1. The molecule has 1 N–H and O–H groups in total. The van der Waals surface area contributed by atoms with Crippen LogP contribution < -0.4 is 9.80 Å². The predicted octanol–water partition coefficient (Wildman–Crippen LogP) is 2.86. The van der Waals surface area contributed by atoms with Crippen LogP contribution in [-0.2, 0) is 6.54 Å². The lowest BCUT2D eigenvalue weighted by molar-refractivity contribution is -0.914. The minimum absolute atomic E-state index is 0.862. The Morgan fingerprint density at radius 1 is 1.05 bits per heavy atom. The van der Waals surface area contributed by atoms with Gasteiger partial charge in [-0.2, -0.15) is 0 Å². The maximum absolute atomic E-state index is 6.31. The first-order valence-electron chi connectivity index (χ1n) is 8.02. The van der Waals surface area contributed by atoms with Crippen LogP contribution in [0.15, 0.2) is 42.5 Å². The van der Waals surface area contributed by atoms with E-state index in [0.717, 1.165) is 24.7 Å². The number of rotatable bonds is 3. The summed E-state index contributed by atoms with van der Waals surface area (Å²) in [4.78, 5) is 4.08. The van der Waals surface area contributed by atoms with E-state index < -0.39 is 0 Å². The van der Waals surface area contributed by atoms with Crippen LogP contribution >= 0.6 is 11.6 Å². The van der Waals surface area contributed by atoms with Gasteiger partial charge in [0.1, 0.15) is 6.54 Å². The van der Waals surface area contributed by atoms with Gasteiger partial charge in [-0.05, 0) is 31.5 Å². The molecule has 1 heterocycles. The molecule has 0 bridgehead atoms. The number of nitrogens with zero attached hydrogens (tertiary/aromatic N) is 1. The maximum atomic E-state index is 6.31. The molecule has 1 fully saturated rings. The van der Waals surface area contributed by atoms with Gasteiger partial charge in [0.15, 0.2) is 0 Å². The van der Waals surface area contributed by atoms with Crippen molar-refractivity contribution >= 4 is 17.3 Å². The molecule has 1 aliphatic rings. The first-order chi connectivity index (χ1) is 10.6. The van der Waals surface area contributed by atoms with E-state index >= 15 is 0 Å². The molecule has 0 unspecified atom stereocenters. The number of quaternary nitrogens is 1. The first kappa shape index (κ1) is 15.4. The molecule has 2 nitrogen and oxygen atoms in total. The Kier molecular flexibility index (Phi) is 4.70. The van der Waals surface area contributed by atoms with E-state index in [9.17, 15) is 0 Å². The molecule has 1 aliphatic heterocycles. The highest BCUT2D eigenvalue weighted by molar-refractivity contribution is 6.33. The second kappa shape index (κ2) is 6.72. The van der Waals surface area contributed by atoms with E-state index in [0.29, 0.717) is 0 Å². The van der Waals surface area contributed by atoms with Gasteiger partial charge < -0.3 is 9.80 Å². The third-order valence-electron chi connectivity index (χ3n) is 4.61. The van der Waals surface area contributed by atoms with Crippen LogP contribution in [0.3, 0.4) is 0 Å². The van der Waals surface area contributed by atoms with Crippen molar-refractivity contribution < 1.29 is 4.90 Å². The third kappa shape index (κ3) is 3.45. The van der Waals surface area contributed by atoms with Crippen LogP contribution in [0.25, 0.3) is 0 Å². The second-order valence-corrected chi connectivity index (χ2v) is 6.70. The maximum Gasteiger partial charge on any atom is 0.103 e. The van der Waals surface area contributed by atoms with E-state index in [1.165, 1.54) is 35.5 Å². The zero-order chi connectivity index (χ0) is 15.5. The van der Waals surface area contributed by atoms with Gasteiger partial charge in [-0.25, -0.2) is 0 Å². The standard InChI is InChI=1S/C19H23ClN2/c1-15-7-8-16(2)17(13-15)14-21-9-11-22(12-10-21)19-6-4-3-5-18(19)20/h3-8,13H,9-12,14H2,1-2H3/p+1. The number of halogens is 1. The van der Waals surface area contributed by atoms with Crippen molar-refractivity contribution in [2.75, 3.05) is 31.1 Å². The number of nitrogens with one attached hydrogen (secondary N) is 1. The van der Waals surface area contributed by atoms with E-state index in [1.807, 2.05) is 12.1 Å². The third-order valence-corrected chi connectivity index (χ3v) is 4.93. The summed E-state index contributed by atoms with van der Waals surface area (Å²) in [5.74, 6) is 0. The molecule has 1 saturated heterocycles. The van der Waals surface area contributed by atoms with E-state index in [1.54, 1.807) is 4.90 Å². The van der Waals surface area contributed by atoms with Crippen molar-refractivity contribution in [1.29, 1.82) is 0 Å². The van der Waals surface area contributed by atoms with E-state index in [-0.39, 0.29) is 0 Å². The number of anilines is 1. The van der Waals surface area contributed by atoms with Gasteiger partial charge in [0.05, 0.1) is 36.9 Å². The average molecular weight is 316 g/mol. The average Bonchev–Trinajstić information content (AvgIpc) is 2.52. The molecule has 22 heavy (non-hydrogen) atoms. The van der Waals surface area contributed by atoms with Crippen molar-refractivity contribution in [3.63, 3.8) is 0 Å². The summed E-state index contributed by atoms with van der Waals surface area (Å²) in [6.45, 7) is 10.00. The highest BCUT2D eigenvalue weighted by Gasteiger charge is 2.21. The Hall–Kier alpha value is -1.51. The molecule has 116 valence electrons. The molecule has 0 aromatic heterocycles. The number of aryl methyl sites for hydroxylation is 2. The number of benzene rings is 2. The Labute approximate surface area is 138 Å². The molecule has 0 spiro atoms. The Morgan fingerprint density at radius 2 is 1.77 bits per heavy atom. The van der Waals surface area contributed by atoms with Crippen LogP contribution in [0.4, 0.5) is 5.69 Å². The first-order valence-corrected chi connectivity index (χ1v) is 8.40. The van der Waals surface area contributed by atoms with Crippen molar-refractivity contribution in [3.8, 4) is 0 Å². The lowest BCUT2D eigenvalue weighted by Crippen LogP contribution is -3.13. The van der Waals surface area contributed by atoms with E-state index in [2.05, 4.69) is 49.1 Å². The molecule has 0 radical (unpaired) electrons. The molecule has 0 amide bonds. The lowest BCUT2D eigenvalue weighted by atomic mass is 10.0. The molecule has 2 aromatic rings. The fourth-order valence-electron chi connectivity index (χ4n) is 3.21. The number of hydrogen-bond donors (Lipinski definition) is 1. The summed E-state index contributed by atoms with van der Waals surface area (Å²) >= 11 is 6.31. The van der Waals surface area contributed by atoms with Gasteiger partial charge in [0.25, 0.3) is 0 Å². The fraction of sp³-hybridized carbons (Fsp3) is 0.368. The van der Waals surface area contributed by atoms with Gasteiger partial charge in [-0.3, -0.25) is 0 Å². The van der Waals surface area contributed by atoms with Crippen LogP contribution in [0.1, 0.15) is 16.7 Å². The van der Waals surface area contributed by atoms with Gasteiger partial charge in [0.2, 0.25) is 0 Å². The summed E-state index contributed by atoms with van der Waals surface area (Å²) < 4.78 is 0. The lowest BCUT2D eigenvalue weighted by Gasteiger charge is -2.34. The number of hydrogen-bond acceptors (Lipinski definition) is 1. The monoisotopic (exact) mass is 315 g/mol. The Bertz CT molecular complexity index is 646. The van der Waals surface area contributed by atoms with Gasteiger partial charge >= 0.3 is 0 Å². The summed E-state index contributed by atoms with van der Waals surface area (Å²) in [5, 5.41) is 0.862. The van der Waals surface area contributed by atoms with Crippen LogP contribution in [0, 0.1) is 13.8 Å². The molecule has 0 atom stereocenters. The van der Waals surface area contributed by atoms with Crippen molar-refractivity contribution in [3.05, 3.63) is 64.2 Å².